The van der Waals surface area contributed by atoms with Gasteiger partial charge in [-0.25, -0.2) is 4.79 Å². The number of rotatable bonds is 9. The largest absolute Gasteiger partial charge is 0.497 e. The first-order valence-electron chi connectivity index (χ1n) is 8.49. The van der Waals surface area contributed by atoms with Crippen LogP contribution in [0.3, 0.4) is 0 Å². The maximum atomic E-state index is 12.2. The van der Waals surface area contributed by atoms with Crippen LogP contribution in [0.1, 0.15) is 6.92 Å². The Morgan fingerprint density at radius 3 is 2.76 bits per heavy atom. The molecule has 1 aromatic carbocycles. The minimum absolute atomic E-state index is 0.0803. The fourth-order valence-electron chi connectivity index (χ4n) is 2.01. The molecule has 0 fully saturated rings. The van der Waals surface area contributed by atoms with E-state index in [1.807, 2.05) is 0 Å². The first-order valence-corrected chi connectivity index (χ1v) is 10.3. The molecule has 10 nitrogen and oxygen atoms in total. The Labute approximate surface area is 176 Å². The Morgan fingerprint density at radius 2 is 2.03 bits per heavy atom. The molecule has 0 spiro atoms. The van der Waals surface area contributed by atoms with Gasteiger partial charge in [0, 0.05) is 18.8 Å². The molecule has 2 N–H and O–H groups in total. The van der Waals surface area contributed by atoms with E-state index in [4.69, 9.17) is 9.47 Å². The molecule has 1 heterocycles. The molecule has 0 aliphatic carbocycles. The van der Waals surface area contributed by atoms with Gasteiger partial charge in [0.25, 0.3) is 0 Å². The van der Waals surface area contributed by atoms with E-state index in [1.54, 1.807) is 45.3 Å². The zero-order chi connectivity index (χ0) is 21.2. The number of likely N-dealkylation sites (N-methyl/N-ethyl adjacent to an activating group) is 1. The van der Waals surface area contributed by atoms with Crippen molar-refractivity contribution in [2.75, 3.05) is 43.7 Å². The van der Waals surface area contributed by atoms with Gasteiger partial charge < -0.3 is 19.7 Å². The van der Waals surface area contributed by atoms with Crippen molar-refractivity contribution in [1.82, 2.24) is 15.1 Å². The van der Waals surface area contributed by atoms with Crippen LogP contribution in [0.2, 0.25) is 0 Å². The van der Waals surface area contributed by atoms with E-state index in [2.05, 4.69) is 20.8 Å². The third-order valence-corrected chi connectivity index (χ3v) is 5.33. The van der Waals surface area contributed by atoms with Crippen molar-refractivity contribution in [3.63, 3.8) is 0 Å². The third kappa shape index (κ3) is 7.58. The predicted octanol–water partition coefficient (Wildman–Crippen LogP) is 2.30. The summed E-state index contributed by atoms with van der Waals surface area (Å²) in [5.74, 6) is 0.135. The smallest absolute Gasteiger partial charge is 0.413 e. The number of methoxy groups -OCH3 is 1. The van der Waals surface area contributed by atoms with Crippen LogP contribution >= 0.6 is 23.1 Å². The van der Waals surface area contributed by atoms with Gasteiger partial charge in [-0.05, 0) is 19.1 Å². The molecular formula is C17H21N5O5S2. The average molecular weight is 440 g/mol. The van der Waals surface area contributed by atoms with Gasteiger partial charge in [0.1, 0.15) is 5.75 Å². The van der Waals surface area contributed by atoms with Crippen LogP contribution < -0.4 is 15.4 Å². The predicted molar refractivity (Wildman–Crippen MR) is 111 cm³/mol. The van der Waals surface area contributed by atoms with Crippen LogP contribution in [0.25, 0.3) is 0 Å². The van der Waals surface area contributed by atoms with Gasteiger partial charge in [0.2, 0.25) is 16.9 Å². The second kappa shape index (κ2) is 11.2. The zero-order valence-corrected chi connectivity index (χ0v) is 17.8. The van der Waals surface area contributed by atoms with Gasteiger partial charge >= 0.3 is 6.09 Å². The number of nitrogens with one attached hydrogen (secondary N) is 2. The van der Waals surface area contributed by atoms with E-state index in [0.717, 1.165) is 11.3 Å². The molecular weight excluding hydrogens is 418 g/mol. The standard InChI is InChI=1S/C17H21N5O5S2/c1-4-27-16(25)19-15-20-21-17(29-15)28-10-14(24)22(2)9-13(23)18-11-6-5-7-12(8-11)26-3/h5-8H,4,9-10H2,1-3H3,(H,18,23)(H,19,20,25). The molecule has 0 saturated carbocycles. The maximum absolute atomic E-state index is 12.2. The van der Waals surface area contributed by atoms with Crippen molar-refractivity contribution >= 4 is 51.8 Å². The SMILES string of the molecule is CCOC(=O)Nc1nnc(SCC(=O)N(C)CC(=O)Nc2cccc(OC)c2)s1. The first kappa shape index (κ1) is 22.4. The minimum atomic E-state index is -0.613. The molecule has 0 aliphatic heterocycles. The van der Waals surface area contributed by atoms with Gasteiger partial charge in [-0.2, -0.15) is 0 Å². The minimum Gasteiger partial charge on any atom is -0.497 e. The summed E-state index contributed by atoms with van der Waals surface area (Å²) in [6, 6.07) is 6.94. The number of amides is 3. The second-order valence-corrected chi connectivity index (χ2v) is 7.74. The van der Waals surface area contributed by atoms with Gasteiger partial charge in [0.05, 0.1) is 26.0 Å². The normalized spacial score (nSPS) is 10.2. The monoisotopic (exact) mass is 439 g/mol. The third-order valence-electron chi connectivity index (χ3n) is 3.37. The number of carbonyl (C=O) groups excluding carboxylic acids is 3. The molecule has 0 unspecified atom stereocenters. The molecule has 2 rings (SSSR count). The van der Waals surface area contributed by atoms with Crippen molar-refractivity contribution in [2.24, 2.45) is 0 Å². The lowest BCUT2D eigenvalue weighted by Crippen LogP contribution is -2.35. The molecule has 0 radical (unpaired) electrons. The summed E-state index contributed by atoms with van der Waals surface area (Å²) in [6.07, 6.45) is -0.613. The van der Waals surface area contributed by atoms with Crippen LogP contribution in [0, 0.1) is 0 Å². The molecule has 0 aliphatic rings. The summed E-state index contributed by atoms with van der Waals surface area (Å²) in [6.45, 7) is 1.85. The Bertz CT molecular complexity index is 860. The van der Waals surface area contributed by atoms with Crippen LogP contribution in [-0.2, 0) is 14.3 Å². The molecule has 1 aromatic heterocycles. The molecule has 12 heteroatoms. The fraction of sp³-hybridized carbons (Fsp3) is 0.353. The van der Waals surface area contributed by atoms with Crippen LogP contribution in [-0.4, -0.2) is 66.1 Å². The molecule has 0 bridgehead atoms. The van der Waals surface area contributed by atoms with E-state index in [1.165, 1.54) is 16.7 Å². The van der Waals surface area contributed by atoms with E-state index in [0.29, 0.717) is 15.8 Å². The van der Waals surface area contributed by atoms with E-state index in [-0.39, 0.29) is 35.9 Å². The summed E-state index contributed by atoms with van der Waals surface area (Å²) in [5.41, 5.74) is 0.583. The number of aromatic nitrogens is 2. The highest BCUT2D eigenvalue weighted by Crippen LogP contribution is 2.25. The van der Waals surface area contributed by atoms with Crippen molar-refractivity contribution in [3.8, 4) is 5.75 Å². The van der Waals surface area contributed by atoms with Gasteiger partial charge in [-0.15, -0.1) is 10.2 Å². The zero-order valence-electron chi connectivity index (χ0n) is 16.1. The van der Waals surface area contributed by atoms with Crippen molar-refractivity contribution in [2.45, 2.75) is 11.3 Å². The number of thioether (sulfide) groups is 1. The van der Waals surface area contributed by atoms with Gasteiger partial charge in [-0.1, -0.05) is 29.2 Å². The van der Waals surface area contributed by atoms with Crippen LogP contribution in [0.15, 0.2) is 28.6 Å². The van der Waals surface area contributed by atoms with Gasteiger partial charge in [0.15, 0.2) is 4.34 Å². The lowest BCUT2D eigenvalue weighted by Gasteiger charge is -2.16. The maximum Gasteiger partial charge on any atom is 0.413 e. The molecule has 2 aromatic rings. The van der Waals surface area contributed by atoms with E-state index < -0.39 is 6.09 Å². The second-order valence-electron chi connectivity index (χ2n) is 5.54. The number of carbonyl (C=O) groups is 3. The molecule has 29 heavy (non-hydrogen) atoms. The molecule has 0 saturated heterocycles. The Balaban J connectivity index is 1.77. The van der Waals surface area contributed by atoms with E-state index >= 15 is 0 Å². The van der Waals surface area contributed by atoms with Crippen molar-refractivity contribution in [3.05, 3.63) is 24.3 Å². The van der Waals surface area contributed by atoms with Crippen LogP contribution in [0.4, 0.5) is 15.6 Å². The number of anilines is 2. The number of hydrogen-bond acceptors (Lipinski definition) is 9. The number of nitrogens with zero attached hydrogens (tertiary/aromatic N) is 3. The summed E-state index contributed by atoms with van der Waals surface area (Å²) in [4.78, 5) is 37.0. The molecule has 0 atom stereocenters. The number of hydrogen-bond donors (Lipinski definition) is 2. The quantitative estimate of drug-likeness (QED) is 0.451. The summed E-state index contributed by atoms with van der Waals surface area (Å²) in [7, 11) is 3.08. The van der Waals surface area contributed by atoms with Crippen LogP contribution in [0.5, 0.6) is 5.75 Å². The van der Waals surface area contributed by atoms with Crippen molar-refractivity contribution in [1.29, 1.82) is 0 Å². The highest BCUT2D eigenvalue weighted by molar-refractivity contribution is 8.01. The topological polar surface area (TPSA) is 123 Å². The lowest BCUT2D eigenvalue weighted by atomic mass is 10.3. The van der Waals surface area contributed by atoms with Gasteiger partial charge in [-0.3, -0.25) is 14.9 Å². The fourth-order valence-corrected chi connectivity index (χ4v) is 3.69. The lowest BCUT2D eigenvalue weighted by molar-refractivity contribution is -0.131. The summed E-state index contributed by atoms with van der Waals surface area (Å²) in [5, 5.41) is 13.1. The Hall–Kier alpha value is -2.86. The molecule has 3 amide bonds. The Kier molecular flexibility index (Phi) is 8.68. The molecule has 156 valence electrons. The Morgan fingerprint density at radius 1 is 1.24 bits per heavy atom. The number of benzene rings is 1. The summed E-state index contributed by atoms with van der Waals surface area (Å²) >= 11 is 2.29. The highest BCUT2D eigenvalue weighted by Gasteiger charge is 2.16. The number of ether oxygens (including phenoxy) is 2. The average Bonchev–Trinajstić information content (AvgIpc) is 3.13. The van der Waals surface area contributed by atoms with E-state index in [9.17, 15) is 14.4 Å². The summed E-state index contributed by atoms with van der Waals surface area (Å²) < 4.78 is 10.4. The first-order chi connectivity index (χ1) is 13.9. The highest BCUT2D eigenvalue weighted by atomic mass is 32.2. The van der Waals surface area contributed by atoms with Crippen molar-refractivity contribution < 1.29 is 23.9 Å².